The summed E-state index contributed by atoms with van der Waals surface area (Å²) in [6, 6.07) is 2.39. The van der Waals surface area contributed by atoms with Gasteiger partial charge < -0.3 is 10.2 Å². The Morgan fingerprint density at radius 3 is 2.20 bits per heavy atom. The number of nitriles is 1. The van der Waals surface area contributed by atoms with Crippen molar-refractivity contribution in [1.29, 1.82) is 5.26 Å². The Hall–Kier alpha value is -1.83. The van der Waals surface area contributed by atoms with E-state index in [2.05, 4.69) is 38.7 Å². The summed E-state index contributed by atoms with van der Waals surface area (Å²) in [5.41, 5.74) is -0.469. The minimum atomic E-state index is -0.715. The molecule has 2 fully saturated rings. The number of rotatable bonds is 3. The Labute approximate surface area is 151 Å². The van der Waals surface area contributed by atoms with Crippen molar-refractivity contribution >= 4 is 11.8 Å². The molecule has 0 aromatic rings. The monoisotopic (exact) mass is 345 g/mol. The van der Waals surface area contributed by atoms with Gasteiger partial charge in [-0.3, -0.25) is 9.59 Å². The maximum atomic E-state index is 12.7. The van der Waals surface area contributed by atoms with Crippen molar-refractivity contribution in [2.75, 3.05) is 13.1 Å². The Bertz CT molecular complexity index is 554. The van der Waals surface area contributed by atoms with Crippen LogP contribution in [0.1, 0.15) is 59.3 Å². The van der Waals surface area contributed by atoms with E-state index in [1.54, 1.807) is 4.90 Å². The molecular weight excluding hydrogens is 314 g/mol. The second kappa shape index (κ2) is 7.59. The number of piperidine rings is 1. The zero-order chi connectivity index (χ0) is 18.7. The lowest BCUT2D eigenvalue weighted by molar-refractivity contribution is -0.133. The third-order valence-corrected chi connectivity index (χ3v) is 5.99. The first-order valence-electron chi connectivity index (χ1n) is 9.35. The van der Waals surface area contributed by atoms with E-state index in [-0.39, 0.29) is 23.1 Å². The van der Waals surface area contributed by atoms with Gasteiger partial charge in [-0.1, -0.05) is 27.4 Å². The van der Waals surface area contributed by atoms with Crippen molar-refractivity contribution in [3.63, 3.8) is 0 Å². The van der Waals surface area contributed by atoms with Crippen LogP contribution in [0.4, 0.5) is 0 Å². The van der Waals surface area contributed by atoms with Crippen molar-refractivity contribution in [2.24, 2.45) is 17.3 Å². The lowest BCUT2D eigenvalue weighted by Gasteiger charge is -2.41. The van der Waals surface area contributed by atoms with Crippen LogP contribution in [0.3, 0.4) is 0 Å². The highest BCUT2D eigenvalue weighted by Crippen LogP contribution is 2.41. The lowest BCUT2D eigenvalue weighted by atomic mass is 9.67. The van der Waals surface area contributed by atoms with E-state index in [9.17, 15) is 14.9 Å². The fourth-order valence-electron chi connectivity index (χ4n) is 4.07. The zero-order valence-corrected chi connectivity index (χ0v) is 15.8. The second-order valence-corrected chi connectivity index (χ2v) is 8.63. The van der Waals surface area contributed by atoms with Gasteiger partial charge in [0, 0.05) is 19.0 Å². The van der Waals surface area contributed by atoms with Crippen LogP contribution < -0.4 is 5.32 Å². The number of likely N-dealkylation sites (tertiary alicyclic amines) is 1. The summed E-state index contributed by atoms with van der Waals surface area (Å²) in [5, 5.41) is 12.8. The molecule has 0 aromatic carbocycles. The molecule has 0 radical (unpaired) electrons. The smallest absolute Gasteiger partial charge is 0.245 e. The molecule has 2 aliphatic rings. The molecular formula is C20H31N3O2. The van der Waals surface area contributed by atoms with E-state index in [0.717, 1.165) is 25.7 Å². The van der Waals surface area contributed by atoms with E-state index in [0.29, 0.717) is 31.8 Å². The van der Waals surface area contributed by atoms with E-state index in [1.807, 2.05) is 0 Å². The molecule has 25 heavy (non-hydrogen) atoms. The highest BCUT2D eigenvalue weighted by atomic mass is 16.2. The minimum absolute atomic E-state index is 0.0264. The molecule has 0 bridgehead atoms. The molecule has 0 spiro atoms. The minimum Gasteiger partial charge on any atom is -0.339 e. The molecule has 138 valence electrons. The van der Waals surface area contributed by atoms with Crippen LogP contribution in [-0.4, -0.2) is 35.3 Å². The second-order valence-electron chi connectivity index (χ2n) is 8.63. The van der Waals surface area contributed by atoms with Gasteiger partial charge in [0.2, 0.25) is 11.8 Å². The van der Waals surface area contributed by atoms with E-state index >= 15 is 0 Å². The number of carbonyl (C=O) groups is 2. The summed E-state index contributed by atoms with van der Waals surface area (Å²) in [6.45, 7) is 11.4. The number of nitrogens with one attached hydrogen (secondary N) is 1. The first-order chi connectivity index (χ1) is 11.7. The maximum absolute atomic E-state index is 12.7. The molecule has 5 heteroatoms. The first kappa shape index (κ1) is 19.5. The largest absolute Gasteiger partial charge is 0.339 e. The summed E-state index contributed by atoms with van der Waals surface area (Å²) in [4.78, 5) is 26.0. The fraction of sp³-hybridized carbons (Fsp3) is 0.750. The highest BCUT2D eigenvalue weighted by Gasteiger charge is 2.41. The molecule has 1 aliphatic heterocycles. The third kappa shape index (κ3) is 4.62. The summed E-state index contributed by atoms with van der Waals surface area (Å²) in [6.07, 6.45) is 6.02. The maximum Gasteiger partial charge on any atom is 0.245 e. The topological polar surface area (TPSA) is 73.2 Å². The lowest BCUT2D eigenvalue weighted by Crippen LogP contribution is -2.53. The predicted octanol–water partition coefficient (Wildman–Crippen LogP) is 3.03. The van der Waals surface area contributed by atoms with Crippen molar-refractivity contribution in [1.82, 2.24) is 10.2 Å². The van der Waals surface area contributed by atoms with Crippen LogP contribution in [-0.2, 0) is 9.59 Å². The van der Waals surface area contributed by atoms with Crippen LogP contribution in [0.2, 0.25) is 0 Å². The summed E-state index contributed by atoms with van der Waals surface area (Å²) in [7, 11) is 0. The van der Waals surface area contributed by atoms with Gasteiger partial charge in [0.25, 0.3) is 0 Å². The van der Waals surface area contributed by atoms with Crippen LogP contribution in [0.5, 0.6) is 0 Å². The standard InChI is InChI=1S/C20H31N3O2/c1-5-17(24)23-12-8-15(9-13-23)18(25)22-20(14-21)10-6-16(7-11-20)19(2,3)4/h5,15-16H,1,6-13H2,2-4H3,(H,22,25). The Kier molecular flexibility index (Phi) is 5.92. The van der Waals surface area contributed by atoms with Gasteiger partial charge in [0.1, 0.15) is 5.54 Å². The molecule has 1 aliphatic carbocycles. The number of amides is 2. The Balaban J connectivity index is 1.90. The quantitative estimate of drug-likeness (QED) is 0.799. The van der Waals surface area contributed by atoms with Gasteiger partial charge >= 0.3 is 0 Å². The van der Waals surface area contributed by atoms with Crippen LogP contribution >= 0.6 is 0 Å². The van der Waals surface area contributed by atoms with Gasteiger partial charge in [0.05, 0.1) is 6.07 Å². The molecule has 0 aromatic heterocycles. The average molecular weight is 345 g/mol. The Morgan fingerprint density at radius 1 is 1.20 bits per heavy atom. The van der Waals surface area contributed by atoms with Crippen molar-refractivity contribution < 1.29 is 9.59 Å². The first-order valence-corrected chi connectivity index (χ1v) is 9.35. The van der Waals surface area contributed by atoms with E-state index in [4.69, 9.17) is 0 Å². The number of hydrogen-bond acceptors (Lipinski definition) is 3. The average Bonchev–Trinajstić information content (AvgIpc) is 2.60. The van der Waals surface area contributed by atoms with Crippen molar-refractivity contribution in [2.45, 2.75) is 64.8 Å². The molecule has 2 amide bonds. The van der Waals surface area contributed by atoms with Crippen LogP contribution in [0, 0.1) is 28.6 Å². The summed E-state index contributed by atoms with van der Waals surface area (Å²) >= 11 is 0. The molecule has 1 N–H and O–H groups in total. The number of hydrogen-bond donors (Lipinski definition) is 1. The third-order valence-electron chi connectivity index (χ3n) is 5.99. The normalized spacial score (nSPS) is 28.1. The Morgan fingerprint density at radius 2 is 1.76 bits per heavy atom. The molecule has 0 atom stereocenters. The predicted molar refractivity (Wildman–Crippen MR) is 97.4 cm³/mol. The van der Waals surface area contributed by atoms with Gasteiger partial charge in [-0.2, -0.15) is 5.26 Å². The van der Waals surface area contributed by atoms with E-state index < -0.39 is 5.54 Å². The molecule has 2 rings (SSSR count). The fourth-order valence-corrected chi connectivity index (χ4v) is 4.07. The molecule has 1 heterocycles. The van der Waals surface area contributed by atoms with Gasteiger partial charge in [-0.25, -0.2) is 0 Å². The van der Waals surface area contributed by atoms with E-state index in [1.165, 1.54) is 6.08 Å². The molecule has 1 saturated carbocycles. The van der Waals surface area contributed by atoms with Gasteiger partial charge in [0.15, 0.2) is 0 Å². The van der Waals surface area contributed by atoms with Crippen molar-refractivity contribution in [3.05, 3.63) is 12.7 Å². The van der Waals surface area contributed by atoms with Crippen LogP contribution in [0.25, 0.3) is 0 Å². The number of carbonyl (C=O) groups excluding carboxylic acids is 2. The zero-order valence-electron chi connectivity index (χ0n) is 15.8. The summed E-state index contributed by atoms with van der Waals surface area (Å²) in [5.74, 6) is 0.382. The molecule has 5 nitrogen and oxygen atoms in total. The summed E-state index contributed by atoms with van der Waals surface area (Å²) < 4.78 is 0. The van der Waals surface area contributed by atoms with Crippen molar-refractivity contribution in [3.8, 4) is 6.07 Å². The number of nitrogens with zero attached hydrogens (tertiary/aromatic N) is 2. The molecule has 0 unspecified atom stereocenters. The van der Waals surface area contributed by atoms with Crippen LogP contribution in [0.15, 0.2) is 12.7 Å². The van der Waals surface area contributed by atoms with Gasteiger partial charge in [-0.15, -0.1) is 0 Å². The highest BCUT2D eigenvalue weighted by molar-refractivity contribution is 5.87. The molecule has 1 saturated heterocycles. The SMILES string of the molecule is C=CC(=O)N1CCC(C(=O)NC2(C#N)CCC(C(C)(C)C)CC2)CC1. The van der Waals surface area contributed by atoms with Gasteiger partial charge in [-0.05, 0) is 55.9 Å².